The summed E-state index contributed by atoms with van der Waals surface area (Å²) < 4.78 is 31.9. The zero-order valence-electron chi connectivity index (χ0n) is 21.1. The van der Waals surface area contributed by atoms with Gasteiger partial charge in [-0.15, -0.1) is 0 Å². The molecule has 1 aliphatic carbocycles. The number of carbonyl (C=O) groups excluding carboxylic acids is 2. The van der Waals surface area contributed by atoms with E-state index in [0.717, 1.165) is 6.20 Å². The molecule has 1 unspecified atom stereocenters. The zero-order chi connectivity index (χ0) is 27.7. The van der Waals surface area contributed by atoms with Crippen molar-refractivity contribution < 1.29 is 28.2 Å². The molecule has 2 N–H and O–H groups in total. The molecule has 0 spiro atoms. The SMILES string of the molecule is COc1cccc(C2(O)C(=O)N(C[C@H]3CC[C@H](NC(=O)c4cc(Cl)cnc4C(F)F)CC3)c3ccccc32)n1. The van der Waals surface area contributed by atoms with Gasteiger partial charge in [0, 0.05) is 30.4 Å². The fraction of sp³-hybridized carbons (Fsp3) is 0.357. The Hall–Kier alpha value is -3.63. The number of aromatic nitrogens is 2. The van der Waals surface area contributed by atoms with Gasteiger partial charge in [0.2, 0.25) is 11.5 Å². The second kappa shape index (κ2) is 10.9. The third-order valence-corrected chi connectivity index (χ3v) is 7.61. The van der Waals surface area contributed by atoms with Crippen molar-refractivity contribution in [1.29, 1.82) is 0 Å². The summed E-state index contributed by atoms with van der Waals surface area (Å²) in [5, 5.41) is 14.6. The highest BCUT2D eigenvalue weighted by molar-refractivity contribution is 6.30. The Balaban J connectivity index is 1.27. The lowest BCUT2D eigenvalue weighted by atomic mass is 9.85. The van der Waals surface area contributed by atoms with Crippen LogP contribution in [0.15, 0.2) is 54.7 Å². The quantitative estimate of drug-likeness (QED) is 0.439. The number of rotatable bonds is 7. The number of nitrogens with zero attached hydrogens (tertiary/aromatic N) is 3. The van der Waals surface area contributed by atoms with Crippen molar-refractivity contribution in [1.82, 2.24) is 15.3 Å². The van der Waals surface area contributed by atoms with Crippen molar-refractivity contribution in [2.75, 3.05) is 18.6 Å². The fourth-order valence-electron chi connectivity index (χ4n) is 5.41. The van der Waals surface area contributed by atoms with Crippen molar-refractivity contribution in [2.24, 2.45) is 5.92 Å². The lowest BCUT2D eigenvalue weighted by Crippen LogP contribution is -2.45. The molecule has 8 nitrogen and oxygen atoms in total. The minimum absolute atomic E-state index is 0.105. The average Bonchev–Trinajstić information content (AvgIpc) is 3.16. The summed E-state index contributed by atoms with van der Waals surface area (Å²) in [5.41, 5.74) is -1.50. The van der Waals surface area contributed by atoms with Crippen LogP contribution in [0, 0.1) is 5.92 Å². The fourth-order valence-corrected chi connectivity index (χ4v) is 5.57. The Bertz CT molecular complexity index is 1400. The van der Waals surface area contributed by atoms with Crippen LogP contribution >= 0.6 is 11.6 Å². The van der Waals surface area contributed by atoms with Gasteiger partial charge in [-0.25, -0.2) is 13.8 Å². The highest BCUT2D eigenvalue weighted by Gasteiger charge is 2.52. The molecular weight excluding hydrogens is 530 g/mol. The molecule has 11 heteroatoms. The molecule has 1 saturated carbocycles. The molecule has 39 heavy (non-hydrogen) atoms. The highest BCUT2D eigenvalue weighted by Crippen LogP contribution is 2.45. The number of nitrogens with one attached hydrogen (secondary N) is 1. The smallest absolute Gasteiger partial charge is 0.281 e. The summed E-state index contributed by atoms with van der Waals surface area (Å²) in [6, 6.07) is 13.0. The van der Waals surface area contributed by atoms with E-state index in [-0.39, 0.29) is 28.2 Å². The lowest BCUT2D eigenvalue weighted by Gasteiger charge is -2.32. The maximum absolute atomic E-state index is 13.7. The van der Waals surface area contributed by atoms with Crippen LogP contribution in [0.5, 0.6) is 5.88 Å². The number of hydrogen-bond acceptors (Lipinski definition) is 6. The molecule has 1 atom stereocenters. The molecule has 0 bridgehead atoms. The van der Waals surface area contributed by atoms with Gasteiger partial charge in [0.25, 0.3) is 18.2 Å². The average molecular weight is 557 g/mol. The van der Waals surface area contributed by atoms with Crippen LogP contribution in [0.25, 0.3) is 0 Å². The number of hydrogen-bond donors (Lipinski definition) is 2. The first kappa shape index (κ1) is 27.0. The summed E-state index contributed by atoms with van der Waals surface area (Å²) in [6.07, 6.45) is 0.809. The standard InChI is InChI=1S/C28H27ClF2N4O4/c1-39-23-8-4-7-22(34-23)28(38)20-5-2-3-6-21(20)35(27(28)37)15-16-9-11-18(12-10-16)33-26(36)19-13-17(29)14-32-24(19)25(30)31/h2-8,13-14,16,18,25,38H,9-12,15H2,1H3,(H,33,36)/t16-,18-,28?. The Morgan fingerprint density at radius 2 is 1.95 bits per heavy atom. The van der Waals surface area contributed by atoms with E-state index in [2.05, 4.69) is 15.3 Å². The minimum Gasteiger partial charge on any atom is -0.481 e. The molecule has 0 saturated heterocycles. The predicted octanol–water partition coefficient (Wildman–Crippen LogP) is 4.65. The number of carbonyl (C=O) groups is 2. The number of pyridine rings is 2. The molecule has 2 aromatic heterocycles. The van der Waals surface area contributed by atoms with Crippen LogP contribution in [-0.4, -0.2) is 46.6 Å². The number of para-hydroxylation sites is 1. The normalized spacial score (nSPS) is 22.6. The molecule has 1 fully saturated rings. The van der Waals surface area contributed by atoms with Gasteiger partial charge in [-0.1, -0.05) is 35.9 Å². The molecular formula is C28H27ClF2N4O4. The second-order valence-electron chi connectivity index (χ2n) is 9.79. The van der Waals surface area contributed by atoms with Crippen LogP contribution in [-0.2, 0) is 10.4 Å². The van der Waals surface area contributed by atoms with Crippen LogP contribution in [0.1, 0.15) is 59.4 Å². The molecule has 1 aromatic carbocycles. The van der Waals surface area contributed by atoms with E-state index in [9.17, 15) is 23.5 Å². The number of aliphatic hydroxyl groups is 1. The molecule has 2 amide bonds. The summed E-state index contributed by atoms with van der Waals surface area (Å²) in [6.45, 7) is 0.385. The molecule has 3 heterocycles. The van der Waals surface area contributed by atoms with Crippen molar-refractivity contribution in [2.45, 2.75) is 43.8 Å². The first-order chi connectivity index (χ1) is 18.7. The number of methoxy groups -OCH3 is 1. The molecule has 3 aromatic rings. The van der Waals surface area contributed by atoms with E-state index in [1.165, 1.54) is 13.2 Å². The first-order valence-corrected chi connectivity index (χ1v) is 13.0. The van der Waals surface area contributed by atoms with Gasteiger partial charge in [0.05, 0.1) is 29.1 Å². The third kappa shape index (κ3) is 5.06. The monoisotopic (exact) mass is 556 g/mol. The van der Waals surface area contributed by atoms with E-state index >= 15 is 0 Å². The summed E-state index contributed by atoms with van der Waals surface area (Å²) in [7, 11) is 1.47. The molecule has 1 aliphatic heterocycles. The molecule has 5 rings (SSSR count). The van der Waals surface area contributed by atoms with Crippen molar-refractivity contribution in [3.63, 3.8) is 0 Å². The summed E-state index contributed by atoms with van der Waals surface area (Å²) in [5.74, 6) is -0.712. The van der Waals surface area contributed by atoms with E-state index in [1.807, 2.05) is 6.07 Å². The highest BCUT2D eigenvalue weighted by atomic mass is 35.5. The number of alkyl halides is 2. The van der Waals surface area contributed by atoms with Gasteiger partial charge in [-0.05, 0) is 49.8 Å². The third-order valence-electron chi connectivity index (χ3n) is 7.40. The molecule has 2 aliphatic rings. The van der Waals surface area contributed by atoms with Crippen LogP contribution in [0.4, 0.5) is 14.5 Å². The Labute approximate surface area is 229 Å². The number of anilines is 1. The van der Waals surface area contributed by atoms with Gasteiger partial charge in [-0.2, -0.15) is 0 Å². The van der Waals surface area contributed by atoms with Crippen LogP contribution < -0.4 is 15.0 Å². The number of benzene rings is 1. The predicted molar refractivity (Wildman–Crippen MR) is 140 cm³/mol. The summed E-state index contributed by atoms with van der Waals surface area (Å²) >= 11 is 5.88. The van der Waals surface area contributed by atoms with Gasteiger partial charge in [0.15, 0.2) is 0 Å². The van der Waals surface area contributed by atoms with Crippen LogP contribution in [0.2, 0.25) is 5.02 Å². The molecule has 0 radical (unpaired) electrons. The Morgan fingerprint density at radius 1 is 1.21 bits per heavy atom. The molecule has 204 valence electrons. The summed E-state index contributed by atoms with van der Waals surface area (Å²) in [4.78, 5) is 36.0. The van der Waals surface area contributed by atoms with E-state index in [4.69, 9.17) is 16.3 Å². The van der Waals surface area contributed by atoms with Crippen molar-refractivity contribution >= 4 is 29.1 Å². The number of halogens is 3. The van der Waals surface area contributed by atoms with Crippen molar-refractivity contribution in [3.05, 3.63) is 82.3 Å². The van der Waals surface area contributed by atoms with Gasteiger partial charge in [0.1, 0.15) is 5.69 Å². The zero-order valence-corrected chi connectivity index (χ0v) is 21.9. The first-order valence-electron chi connectivity index (χ1n) is 12.6. The van der Waals surface area contributed by atoms with E-state index < -0.39 is 29.5 Å². The maximum atomic E-state index is 13.7. The lowest BCUT2D eigenvalue weighted by molar-refractivity contribution is -0.132. The number of fused-ring (bicyclic) bond motifs is 1. The maximum Gasteiger partial charge on any atom is 0.281 e. The largest absolute Gasteiger partial charge is 0.481 e. The topological polar surface area (TPSA) is 105 Å². The Morgan fingerprint density at radius 3 is 2.67 bits per heavy atom. The van der Waals surface area contributed by atoms with Gasteiger partial charge in [-0.3, -0.25) is 14.6 Å². The van der Waals surface area contributed by atoms with Gasteiger partial charge >= 0.3 is 0 Å². The number of ether oxygens (including phenoxy) is 1. The minimum atomic E-state index is -2.90. The Kier molecular flexibility index (Phi) is 7.51. The van der Waals surface area contributed by atoms with E-state index in [1.54, 1.807) is 41.3 Å². The van der Waals surface area contributed by atoms with Crippen molar-refractivity contribution in [3.8, 4) is 5.88 Å². The van der Waals surface area contributed by atoms with Gasteiger partial charge < -0.3 is 20.1 Å². The second-order valence-corrected chi connectivity index (χ2v) is 10.2. The van der Waals surface area contributed by atoms with Crippen LogP contribution in [0.3, 0.4) is 0 Å². The van der Waals surface area contributed by atoms with E-state index in [0.29, 0.717) is 49.4 Å². The number of amides is 2.